The summed E-state index contributed by atoms with van der Waals surface area (Å²) in [6.07, 6.45) is 3.16. The Morgan fingerprint density at radius 3 is 2.76 bits per heavy atom. The van der Waals surface area contributed by atoms with Gasteiger partial charge < -0.3 is 15.4 Å². The summed E-state index contributed by atoms with van der Waals surface area (Å²) in [6.45, 7) is 1.76. The predicted octanol–water partition coefficient (Wildman–Crippen LogP) is 4.42. The molecule has 0 aliphatic carbocycles. The second-order valence-corrected chi connectivity index (χ2v) is 7.72. The van der Waals surface area contributed by atoms with Gasteiger partial charge in [0.05, 0.1) is 24.6 Å². The fourth-order valence-electron chi connectivity index (χ4n) is 3.95. The summed E-state index contributed by atoms with van der Waals surface area (Å²) in [5.41, 5.74) is 2.44. The number of nitrogens with one attached hydrogen (secondary N) is 2. The van der Waals surface area contributed by atoms with Crippen molar-refractivity contribution >= 4 is 17.5 Å². The van der Waals surface area contributed by atoms with E-state index in [9.17, 15) is 4.79 Å². The molecule has 0 saturated heterocycles. The van der Waals surface area contributed by atoms with Crippen LogP contribution in [0.15, 0.2) is 84.3 Å². The highest BCUT2D eigenvalue weighted by atomic mass is 19.1. The van der Waals surface area contributed by atoms with Crippen molar-refractivity contribution in [3.05, 3.63) is 95.7 Å². The predicted molar refractivity (Wildman–Crippen MR) is 126 cm³/mol. The largest absolute Gasteiger partial charge is 0.497 e. The summed E-state index contributed by atoms with van der Waals surface area (Å²) in [7, 11) is 1.58. The summed E-state index contributed by atoms with van der Waals surface area (Å²) in [4.78, 5) is 22.1. The Morgan fingerprint density at radius 2 is 2.00 bits per heavy atom. The van der Waals surface area contributed by atoms with Gasteiger partial charge >= 0.3 is 0 Å². The number of fused-ring (bicyclic) bond motifs is 1. The van der Waals surface area contributed by atoms with Crippen LogP contribution in [-0.4, -0.2) is 32.8 Å². The van der Waals surface area contributed by atoms with Gasteiger partial charge in [0.15, 0.2) is 5.82 Å². The van der Waals surface area contributed by atoms with Crippen LogP contribution in [-0.2, 0) is 4.79 Å². The van der Waals surface area contributed by atoms with E-state index in [1.807, 2.05) is 24.3 Å². The van der Waals surface area contributed by atoms with Gasteiger partial charge in [0.1, 0.15) is 17.6 Å². The van der Waals surface area contributed by atoms with Crippen molar-refractivity contribution in [2.45, 2.75) is 13.0 Å². The maximum atomic E-state index is 15.0. The Balaban J connectivity index is 1.62. The number of ether oxygens (including phenoxy) is 1. The molecule has 34 heavy (non-hydrogen) atoms. The Morgan fingerprint density at radius 1 is 1.15 bits per heavy atom. The lowest BCUT2D eigenvalue weighted by molar-refractivity contribution is -0.113. The van der Waals surface area contributed by atoms with E-state index in [1.54, 1.807) is 61.4 Å². The van der Waals surface area contributed by atoms with Gasteiger partial charge in [-0.15, -0.1) is 5.10 Å². The van der Waals surface area contributed by atoms with E-state index in [0.29, 0.717) is 40.0 Å². The number of carbonyl (C=O) groups is 1. The van der Waals surface area contributed by atoms with E-state index >= 15 is 4.39 Å². The lowest BCUT2D eigenvalue weighted by Gasteiger charge is -2.28. The molecule has 0 unspecified atom stereocenters. The first-order chi connectivity index (χ1) is 16.5. The number of hydrogen-bond acceptors (Lipinski definition) is 6. The first kappa shape index (κ1) is 21.3. The third-order valence-corrected chi connectivity index (χ3v) is 5.54. The average Bonchev–Trinajstić information content (AvgIpc) is 3.28. The zero-order valence-electron chi connectivity index (χ0n) is 18.5. The van der Waals surface area contributed by atoms with E-state index in [4.69, 9.17) is 4.74 Å². The van der Waals surface area contributed by atoms with Crippen LogP contribution < -0.4 is 15.4 Å². The molecule has 1 aliphatic heterocycles. The molecule has 0 bridgehead atoms. The third-order valence-electron chi connectivity index (χ3n) is 5.54. The number of allylic oxidation sites excluding steroid dienone is 1. The summed E-state index contributed by atoms with van der Waals surface area (Å²) in [6, 6.07) is 16.3. The minimum atomic E-state index is -0.832. The Labute approximate surface area is 195 Å². The van der Waals surface area contributed by atoms with E-state index in [2.05, 4.69) is 25.7 Å². The van der Waals surface area contributed by atoms with Crippen molar-refractivity contribution in [2.75, 3.05) is 17.7 Å². The maximum absolute atomic E-state index is 15.0. The first-order valence-corrected chi connectivity index (χ1v) is 10.6. The molecule has 4 aromatic rings. The fourth-order valence-corrected chi connectivity index (χ4v) is 3.95. The second-order valence-electron chi connectivity index (χ2n) is 7.72. The summed E-state index contributed by atoms with van der Waals surface area (Å²) >= 11 is 0. The van der Waals surface area contributed by atoms with Crippen LogP contribution in [0.2, 0.25) is 0 Å². The molecule has 170 valence electrons. The Bertz CT molecular complexity index is 1400. The normalized spacial score (nSPS) is 14.9. The molecule has 0 radical (unpaired) electrons. The van der Waals surface area contributed by atoms with Crippen molar-refractivity contribution in [3.8, 4) is 17.1 Å². The molecule has 1 aliphatic rings. The van der Waals surface area contributed by atoms with Crippen molar-refractivity contribution in [2.24, 2.45) is 0 Å². The van der Waals surface area contributed by atoms with Crippen LogP contribution in [0.25, 0.3) is 11.4 Å². The molecule has 2 aromatic carbocycles. The van der Waals surface area contributed by atoms with Crippen LogP contribution in [0.4, 0.5) is 16.0 Å². The van der Waals surface area contributed by atoms with Crippen molar-refractivity contribution in [3.63, 3.8) is 0 Å². The highest BCUT2D eigenvalue weighted by molar-refractivity contribution is 6.05. The number of nitrogens with zero attached hydrogens (tertiary/aromatic N) is 4. The first-order valence-electron chi connectivity index (χ1n) is 10.6. The van der Waals surface area contributed by atoms with Crippen LogP contribution >= 0.6 is 0 Å². The van der Waals surface area contributed by atoms with Crippen molar-refractivity contribution in [1.82, 2.24) is 19.7 Å². The van der Waals surface area contributed by atoms with Gasteiger partial charge in [-0.2, -0.15) is 4.98 Å². The van der Waals surface area contributed by atoms with Gasteiger partial charge in [-0.1, -0.05) is 30.3 Å². The number of pyridine rings is 1. The van der Waals surface area contributed by atoms with Crippen molar-refractivity contribution in [1.29, 1.82) is 0 Å². The maximum Gasteiger partial charge on any atom is 0.255 e. The number of benzene rings is 2. The molecule has 2 N–H and O–H groups in total. The molecular weight excluding hydrogens is 435 g/mol. The average molecular weight is 456 g/mol. The molecule has 0 fully saturated rings. The quantitative estimate of drug-likeness (QED) is 0.462. The second kappa shape index (κ2) is 8.78. The van der Waals surface area contributed by atoms with Gasteiger partial charge in [0.25, 0.3) is 5.91 Å². The number of aromatic nitrogens is 4. The van der Waals surface area contributed by atoms with E-state index in [1.165, 1.54) is 6.07 Å². The Kier molecular flexibility index (Phi) is 5.51. The van der Waals surface area contributed by atoms with Crippen LogP contribution in [0.3, 0.4) is 0 Å². The number of amides is 1. The molecule has 2 aromatic heterocycles. The molecule has 1 amide bonds. The number of anilines is 2. The lowest BCUT2D eigenvalue weighted by Crippen LogP contribution is -2.32. The molecule has 8 nitrogen and oxygen atoms in total. The number of hydrogen-bond donors (Lipinski definition) is 2. The molecule has 1 atom stereocenters. The van der Waals surface area contributed by atoms with Gasteiger partial charge in [-0.25, -0.2) is 9.07 Å². The minimum absolute atomic E-state index is 0.308. The number of halogens is 1. The lowest BCUT2D eigenvalue weighted by atomic mass is 9.94. The van der Waals surface area contributed by atoms with Gasteiger partial charge in [-0.05, 0) is 37.3 Å². The molecule has 5 rings (SSSR count). The molecule has 0 saturated carbocycles. The zero-order chi connectivity index (χ0) is 23.7. The van der Waals surface area contributed by atoms with Crippen LogP contribution in [0, 0.1) is 5.82 Å². The highest BCUT2D eigenvalue weighted by Gasteiger charge is 2.36. The minimum Gasteiger partial charge on any atom is -0.497 e. The van der Waals surface area contributed by atoms with Crippen LogP contribution in [0.5, 0.6) is 5.75 Å². The third kappa shape index (κ3) is 3.88. The molecule has 9 heteroatoms. The van der Waals surface area contributed by atoms with E-state index < -0.39 is 17.8 Å². The molecule has 0 spiro atoms. The fraction of sp³-hybridized carbons (Fsp3) is 0.120. The summed E-state index contributed by atoms with van der Waals surface area (Å²) in [5, 5.41) is 10.7. The topological polar surface area (TPSA) is 94.0 Å². The summed E-state index contributed by atoms with van der Waals surface area (Å²) in [5.74, 6) is 0.647. The smallest absolute Gasteiger partial charge is 0.255 e. The highest BCUT2D eigenvalue weighted by Crippen LogP contribution is 2.38. The van der Waals surface area contributed by atoms with Crippen LogP contribution in [0.1, 0.15) is 18.5 Å². The van der Waals surface area contributed by atoms with E-state index in [-0.39, 0.29) is 0 Å². The van der Waals surface area contributed by atoms with Gasteiger partial charge in [0.2, 0.25) is 5.95 Å². The van der Waals surface area contributed by atoms with Crippen molar-refractivity contribution < 1.29 is 13.9 Å². The van der Waals surface area contributed by atoms with Gasteiger partial charge in [0, 0.05) is 23.0 Å². The number of rotatable bonds is 5. The number of methoxy groups -OCH3 is 1. The molecule has 3 heterocycles. The monoisotopic (exact) mass is 456 g/mol. The van der Waals surface area contributed by atoms with E-state index in [0.717, 1.165) is 5.56 Å². The zero-order valence-corrected chi connectivity index (χ0v) is 18.5. The summed E-state index contributed by atoms with van der Waals surface area (Å²) < 4.78 is 21.9. The SMILES string of the molecule is COc1cccc(-c2nc3n(n2)[C@H](c2ccccc2F)C(C(=O)Nc2cccnc2)=C(C)N3)c1. The number of carbonyl (C=O) groups excluding carboxylic acids is 1. The standard InChI is InChI=1S/C25H21FN6O2/c1-15-21(24(33)29-17-8-6-12-27-14-17)22(19-10-3-4-11-20(19)26)32-25(28-15)30-23(31-32)16-7-5-9-18(13-16)34-2/h3-14,22H,1-2H3,(H,29,33)(H,28,30,31)/t22-/m1/s1. The van der Waals surface area contributed by atoms with Gasteiger partial charge in [-0.3, -0.25) is 9.78 Å². The Hall–Kier alpha value is -4.53. The molecular formula is C25H21FN6O2.